The molecule has 1 amide bonds. The van der Waals surface area contributed by atoms with Gasteiger partial charge in [0.25, 0.3) is 5.91 Å². The summed E-state index contributed by atoms with van der Waals surface area (Å²) >= 11 is 0. The van der Waals surface area contributed by atoms with Crippen LogP contribution in [0.3, 0.4) is 0 Å². The van der Waals surface area contributed by atoms with Crippen molar-refractivity contribution in [2.75, 3.05) is 24.5 Å². The van der Waals surface area contributed by atoms with Gasteiger partial charge in [0.15, 0.2) is 11.5 Å². The van der Waals surface area contributed by atoms with Gasteiger partial charge < -0.3 is 9.80 Å². The van der Waals surface area contributed by atoms with Gasteiger partial charge in [-0.25, -0.2) is 0 Å². The van der Waals surface area contributed by atoms with E-state index < -0.39 is 0 Å². The lowest BCUT2D eigenvalue weighted by atomic mass is 10.00. The molecular weight excluding hydrogens is 312 g/mol. The van der Waals surface area contributed by atoms with Gasteiger partial charge >= 0.3 is 0 Å². The summed E-state index contributed by atoms with van der Waals surface area (Å²) in [5.74, 6) is 1.31. The molecule has 1 aromatic carbocycles. The molecule has 1 unspecified atom stereocenters. The van der Waals surface area contributed by atoms with E-state index in [1.807, 2.05) is 17.0 Å². The molecule has 0 bridgehead atoms. The van der Waals surface area contributed by atoms with Crippen molar-refractivity contribution in [2.24, 2.45) is 5.92 Å². The summed E-state index contributed by atoms with van der Waals surface area (Å²) in [5.41, 5.74) is 2.72. The predicted octanol–water partition coefficient (Wildman–Crippen LogP) is 3.82. The summed E-state index contributed by atoms with van der Waals surface area (Å²) in [7, 11) is 0. The minimum Gasteiger partial charge on any atom is -0.337 e. The van der Waals surface area contributed by atoms with E-state index >= 15 is 0 Å². The molecule has 1 aliphatic rings. The number of aryl methyl sites for hydroxylation is 1. The Morgan fingerprint density at radius 2 is 2.12 bits per heavy atom. The van der Waals surface area contributed by atoms with Gasteiger partial charge in [0.2, 0.25) is 0 Å². The number of carbonyl (C=O) groups excluding carboxylic acids is 1. The van der Waals surface area contributed by atoms with Crippen molar-refractivity contribution in [3.63, 3.8) is 0 Å². The van der Waals surface area contributed by atoms with Crippen molar-refractivity contribution in [1.82, 2.24) is 15.1 Å². The first kappa shape index (κ1) is 17.4. The van der Waals surface area contributed by atoms with Gasteiger partial charge in [-0.15, -0.1) is 10.2 Å². The van der Waals surface area contributed by atoms with E-state index in [0.717, 1.165) is 37.6 Å². The van der Waals surface area contributed by atoms with Crippen LogP contribution in [0.15, 0.2) is 36.4 Å². The van der Waals surface area contributed by atoms with Crippen molar-refractivity contribution >= 4 is 17.4 Å². The zero-order valence-corrected chi connectivity index (χ0v) is 15.3. The first-order valence-corrected chi connectivity index (χ1v) is 9.05. The number of hydrogen-bond donors (Lipinski definition) is 0. The van der Waals surface area contributed by atoms with Crippen LogP contribution in [0, 0.1) is 12.8 Å². The number of benzene rings is 1. The largest absolute Gasteiger partial charge is 0.337 e. The Hall–Kier alpha value is -2.43. The Morgan fingerprint density at radius 3 is 2.76 bits per heavy atom. The lowest BCUT2D eigenvalue weighted by molar-refractivity contribution is 0.0676. The summed E-state index contributed by atoms with van der Waals surface area (Å²) in [5, 5.41) is 8.53. The van der Waals surface area contributed by atoms with Crippen LogP contribution in [0.1, 0.15) is 42.7 Å². The maximum Gasteiger partial charge on any atom is 0.274 e. The number of aromatic nitrogens is 2. The summed E-state index contributed by atoms with van der Waals surface area (Å²) in [6.07, 6.45) is 2.26. The number of carbonyl (C=O) groups is 1. The van der Waals surface area contributed by atoms with E-state index in [4.69, 9.17) is 0 Å². The normalized spacial score (nSPS) is 17.4. The fourth-order valence-corrected chi connectivity index (χ4v) is 3.39. The topological polar surface area (TPSA) is 49.3 Å². The first-order chi connectivity index (χ1) is 12.1. The van der Waals surface area contributed by atoms with Crippen molar-refractivity contribution in [2.45, 2.75) is 33.6 Å². The zero-order valence-electron chi connectivity index (χ0n) is 15.3. The molecule has 0 spiro atoms. The third-order valence-corrected chi connectivity index (χ3v) is 4.72. The maximum atomic E-state index is 12.6. The van der Waals surface area contributed by atoms with Gasteiger partial charge in [-0.1, -0.05) is 19.1 Å². The molecule has 1 atom stereocenters. The molecule has 2 heterocycles. The average Bonchev–Trinajstić information content (AvgIpc) is 2.62. The second-order valence-corrected chi connectivity index (χ2v) is 6.86. The summed E-state index contributed by atoms with van der Waals surface area (Å²) in [4.78, 5) is 16.6. The third-order valence-electron chi connectivity index (χ3n) is 4.72. The summed E-state index contributed by atoms with van der Waals surface area (Å²) in [6, 6.07) is 12.0. The fraction of sp³-hybridized carbons (Fsp3) is 0.450. The fourth-order valence-electron chi connectivity index (χ4n) is 3.39. The van der Waals surface area contributed by atoms with E-state index in [-0.39, 0.29) is 5.91 Å². The van der Waals surface area contributed by atoms with Crippen molar-refractivity contribution in [3.8, 4) is 0 Å². The first-order valence-electron chi connectivity index (χ1n) is 9.05. The molecule has 0 radical (unpaired) electrons. The van der Waals surface area contributed by atoms with E-state index in [2.05, 4.69) is 54.1 Å². The second-order valence-electron chi connectivity index (χ2n) is 6.86. The molecule has 5 heteroatoms. The number of anilines is 2. The Bertz CT molecular complexity index is 729. The highest BCUT2D eigenvalue weighted by atomic mass is 16.2. The van der Waals surface area contributed by atoms with E-state index in [1.165, 1.54) is 12.0 Å². The molecule has 0 N–H and O–H groups in total. The predicted molar refractivity (Wildman–Crippen MR) is 100 cm³/mol. The summed E-state index contributed by atoms with van der Waals surface area (Å²) < 4.78 is 0. The van der Waals surface area contributed by atoms with E-state index in [9.17, 15) is 4.79 Å². The molecule has 1 aliphatic heterocycles. The molecule has 1 saturated heterocycles. The standard InChI is InChI=1S/C20H26N4O/c1-4-24(17-9-5-7-15(2)13-17)19-11-10-18(21-22-19)20(25)23-12-6-8-16(3)14-23/h5,7,9-11,13,16H,4,6,8,12,14H2,1-3H3. The van der Waals surface area contributed by atoms with Crippen LogP contribution < -0.4 is 4.90 Å². The van der Waals surface area contributed by atoms with Gasteiger partial charge in [-0.3, -0.25) is 4.79 Å². The molecular formula is C20H26N4O. The highest BCUT2D eigenvalue weighted by Gasteiger charge is 2.23. The number of piperidine rings is 1. The summed E-state index contributed by atoms with van der Waals surface area (Å²) in [6.45, 7) is 8.76. The highest BCUT2D eigenvalue weighted by molar-refractivity contribution is 5.92. The molecule has 3 rings (SSSR count). The van der Waals surface area contributed by atoms with Gasteiger partial charge in [0.1, 0.15) is 0 Å². The number of likely N-dealkylation sites (tertiary alicyclic amines) is 1. The van der Waals surface area contributed by atoms with E-state index in [0.29, 0.717) is 11.6 Å². The molecule has 25 heavy (non-hydrogen) atoms. The smallest absolute Gasteiger partial charge is 0.274 e. The lowest BCUT2D eigenvalue weighted by Gasteiger charge is -2.30. The van der Waals surface area contributed by atoms with Crippen LogP contribution in [-0.4, -0.2) is 40.6 Å². The van der Waals surface area contributed by atoms with Crippen LogP contribution in [0.4, 0.5) is 11.5 Å². The Labute approximate surface area is 149 Å². The van der Waals surface area contributed by atoms with Crippen LogP contribution in [0.25, 0.3) is 0 Å². The Kier molecular flexibility index (Phi) is 5.31. The van der Waals surface area contributed by atoms with Crippen molar-refractivity contribution < 1.29 is 4.79 Å². The monoisotopic (exact) mass is 338 g/mol. The van der Waals surface area contributed by atoms with Gasteiger partial charge in [0, 0.05) is 25.3 Å². The molecule has 1 fully saturated rings. The number of rotatable bonds is 4. The van der Waals surface area contributed by atoms with Crippen LogP contribution in [-0.2, 0) is 0 Å². The van der Waals surface area contributed by atoms with Crippen LogP contribution in [0.2, 0.25) is 0 Å². The molecule has 2 aromatic rings. The van der Waals surface area contributed by atoms with Gasteiger partial charge in [-0.05, 0) is 62.4 Å². The minimum atomic E-state index is -0.01000. The Morgan fingerprint density at radius 1 is 1.28 bits per heavy atom. The molecule has 5 nitrogen and oxygen atoms in total. The van der Waals surface area contributed by atoms with Crippen molar-refractivity contribution in [3.05, 3.63) is 47.7 Å². The zero-order chi connectivity index (χ0) is 17.8. The van der Waals surface area contributed by atoms with Crippen LogP contribution in [0.5, 0.6) is 0 Å². The lowest BCUT2D eigenvalue weighted by Crippen LogP contribution is -2.39. The van der Waals surface area contributed by atoms with Crippen LogP contribution >= 0.6 is 0 Å². The SMILES string of the molecule is CCN(c1cccc(C)c1)c1ccc(C(=O)N2CCCC(C)C2)nn1. The third kappa shape index (κ3) is 3.98. The van der Waals surface area contributed by atoms with Crippen molar-refractivity contribution in [1.29, 1.82) is 0 Å². The molecule has 1 aromatic heterocycles. The minimum absolute atomic E-state index is 0.01000. The van der Waals surface area contributed by atoms with E-state index in [1.54, 1.807) is 6.07 Å². The molecule has 132 valence electrons. The average molecular weight is 338 g/mol. The second kappa shape index (κ2) is 7.64. The quantitative estimate of drug-likeness (QED) is 0.850. The highest BCUT2D eigenvalue weighted by Crippen LogP contribution is 2.24. The maximum absolute atomic E-state index is 12.6. The number of hydrogen-bond acceptors (Lipinski definition) is 4. The number of nitrogens with zero attached hydrogens (tertiary/aromatic N) is 4. The van der Waals surface area contributed by atoms with Gasteiger partial charge in [-0.2, -0.15) is 0 Å². The number of amides is 1. The Balaban J connectivity index is 1.78. The molecule has 0 aliphatic carbocycles. The molecule has 0 saturated carbocycles. The van der Waals surface area contributed by atoms with Gasteiger partial charge in [0.05, 0.1) is 0 Å².